The Bertz CT molecular complexity index is 774. The smallest absolute Gasteiger partial charge is 0.227 e. The van der Waals surface area contributed by atoms with Crippen LogP contribution in [0.15, 0.2) is 12.3 Å². The molecule has 2 amide bonds. The normalized spacial score (nSPS) is 26.3. The van der Waals surface area contributed by atoms with Gasteiger partial charge in [0.15, 0.2) is 0 Å². The fraction of sp³-hybridized carbons (Fsp3) is 0.739. The molecule has 3 aliphatic rings. The second-order valence-corrected chi connectivity index (χ2v) is 9.25. The van der Waals surface area contributed by atoms with Gasteiger partial charge in [-0.2, -0.15) is 0 Å². The van der Waals surface area contributed by atoms with Crippen molar-refractivity contribution in [1.82, 2.24) is 19.8 Å². The Labute approximate surface area is 185 Å². The Kier molecular flexibility index (Phi) is 7.05. The zero-order valence-electron chi connectivity index (χ0n) is 18.8. The summed E-state index contributed by atoms with van der Waals surface area (Å²) in [5, 5.41) is 0. The van der Waals surface area contributed by atoms with E-state index in [1.807, 2.05) is 11.0 Å². The molecule has 3 saturated heterocycles. The van der Waals surface area contributed by atoms with Crippen molar-refractivity contribution in [2.75, 3.05) is 51.8 Å². The molecule has 0 radical (unpaired) electrons. The van der Waals surface area contributed by atoms with Gasteiger partial charge in [-0.15, -0.1) is 0 Å². The van der Waals surface area contributed by atoms with E-state index in [0.717, 1.165) is 63.4 Å². The number of ether oxygens (including phenoxy) is 1. The maximum atomic E-state index is 13.0. The van der Waals surface area contributed by atoms with Gasteiger partial charge < -0.3 is 19.4 Å². The summed E-state index contributed by atoms with van der Waals surface area (Å²) in [5.74, 6) is 0.535. The molecule has 1 aromatic heterocycles. The summed E-state index contributed by atoms with van der Waals surface area (Å²) in [4.78, 5) is 41.0. The van der Waals surface area contributed by atoms with Gasteiger partial charge in [0.1, 0.15) is 0 Å². The van der Waals surface area contributed by atoms with Gasteiger partial charge in [0.2, 0.25) is 17.8 Å². The van der Waals surface area contributed by atoms with Crippen molar-refractivity contribution in [3.63, 3.8) is 0 Å². The van der Waals surface area contributed by atoms with Crippen LogP contribution in [-0.2, 0) is 14.3 Å². The summed E-state index contributed by atoms with van der Waals surface area (Å²) in [6, 6.07) is 1.91. The van der Waals surface area contributed by atoms with Crippen molar-refractivity contribution >= 4 is 17.8 Å². The summed E-state index contributed by atoms with van der Waals surface area (Å²) in [6.45, 7) is 3.74. The molecule has 4 rings (SSSR count). The van der Waals surface area contributed by atoms with E-state index in [0.29, 0.717) is 19.5 Å². The first kappa shape index (κ1) is 22.0. The van der Waals surface area contributed by atoms with Gasteiger partial charge in [-0.3, -0.25) is 9.59 Å². The van der Waals surface area contributed by atoms with Gasteiger partial charge in [-0.05, 0) is 44.6 Å². The second kappa shape index (κ2) is 9.94. The Balaban J connectivity index is 1.48. The molecule has 170 valence electrons. The number of carbonyl (C=O) groups is 2. The third kappa shape index (κ3) is 5.17. The average Bonchev–Trinajstić information content (AvgIpc) is 3.48. The molecular formula is C23H35N5O3. The predicted molar refractivity (Wildman–Crippen MR) is 118 cm³/mol. The Hall–Kier alpha value is -2.22. The molecule has 3 atom stereocenters. The lowest BCUT2D eigenvalue weighted by molar-refractivity contribution is -0.134. The van der Waals surface area contributed by atoms with E-state index in [-0.39, 0.29) is 29.8 Å². The first-order valence-electron chi connectivity index (χ1n) is 11.7. The average molecular weight is 430 g/mol. The quantitative estimate of drug-likeness (QED) is 0.689. The summed E-state index contributed by atoms with van der Waals surface area (Å²) in [6.07, 6.45) is 8.93. The summed E-state index contributed by atoms with van der Waals surface area (Å²) in [7, 11) is 3.56. The number of hydrogen-bond donors (Lipinski definition) is 0. The third-order valence-electron chi connectivity index (χ3n) is 6.82. The number of anilines is 1. The molecule has 0 saturated carbocycles. The van der Waals surface area contributed by atoms with Crippen molar-refractivity contribution in [1.29, 1.82) is 0 Å². The minimum Gasteiger partial charge on any atom is -0.378 e. The van der Waals surface area contributed by atoms with Crippen molar-refractivity contribution in [2.45, 2.75) is 57.0 Å². The fourth-order valence-corrected chi connectivity index (χ4v) is 5.02. The summed E-state index contributed by atoms with van der Waals surface area (Å²) in [5.41, 5.74) is 0.866. The van der Waals surface area contributed by atoms with E-state index in [2.05, 4.69) is 9.88 Å². The van der Waals surface area contributed by atoms with Crippen LogP contribution in [-0.4, -0.2) is 84.6 Å². The summed E-state index contributed by atoms with van der Waals surface area (Å²) >= 11 is 0. The van der Waals surface area contributed by atoms with Crippen LogP contribution in [0.4, 0.5) is 5.95 Å². The van der Waals surface area contributed by atoms with Gasteiger partial charge in [-0.1, -0.05) is 0 Å². The number of likely N-dealkylation sites (tertiary alicyclic amines) is 1. The van der Waals surface area contributed by atoms with Gasteiger partial charge in [0, 0.05) is 65.4 Å². The maximum absolute atomic E-state index is 13.0. The largest absolute Gasteiger partial charge is 0.378 e. The first-order chi connectivity index (χ1) is 15.0. The fourth-order valence-electron chi connectivity index (χ4n) is 5.02. The molecule has 0 unspecified atom stereocenters. The van der Waals surface area contributed by atoms with E-state index in [1.165, 1.54) is 6.42 Å². The summed E-state index contributed by atoms with van der Waals surface area (Å²) < 4.78 is 5.66. The van der Waals surface area contributed by atoms with Crippen molar-refractivity contribution in [3.8, 4) is 0 Å². The van der Waals surface area contributed by atoms with E-state index in [9.17, 15) is 9.59 Å². The highest BCUT2D eigenvalue weighted by atomic mass is 16.5. The molecule has 3 aliphatic heterocycles. The third-order valence-corrected chi connectivity index (χ3v) is 6.82. The van der Waals surface area contributed by atoms with E-state index < -0.39 is 0 Å². The molecule has 3 fully saturated rings. The molecular weight excluding hydrogens is 394 g/mol. The molecule has 4 heterocycles. The van der Waals surface area contributed by atoms with Crippen LogP contribution in [0, 0.1) is 5.92 Å². The minimum absolute atomic E-state index is 0.0533. The van der Waals surface area contributed by atoms with Gasteiger partial charge in [0.05, 0.1) is 17.7 Å². The zero-order chi connectivity index (χ0) is 21.8. The van der Waals surface area contributed by atoms with Crippen molar-refractivity contribution in [2.24, 2.45) is 5.92 Å². The molecule has 0 spiro atoms. The van der Waals surface area contributed by atoms with Crippen LogP contribution in [0.2, 0.25) is 0 Å². The molecule has 0 aliphatic carbocycles. The Morgan fingerprint density at radius 2 is 1.97 bits per heavy atom. The van der Waals surface area contributed by atoms with Gasteiger partial charge in [-0.25, -0.2) is 9.97 Å². The van der Waals surface area contributed by atoms with Crippen LogP contribution < -0.4 is 4.90 Å². The number of amides is 2. The van der Waals surface area contributed by atoms with Crippen LogP contribution in [0.5, 0.6) is 0 Å². The molecule has 8 nitrogen and oxygen atoms in total. The lowest BCUT2D eigenvalue weighted by Crippen LogP contribution is -2.35. The molecule has 0 N–H and O–H groups in total. The van der Waals surface area contributed by atoms with E-state index >= 15 is 0 Å². The lowest BCUT2D eigenvalue weighted by Gasteiger charge is -2.27. The highest BCUT2D eigenvalue weighted by Crippen LogP contribution is 2.34. The van der Waals surface area contributed by atoms with Crippen LogP contribution in [0.1, 0.15) is 56.6 Å². The monoisotopic (exact) mass is 429 g/mol. The molecule has 8 heteroatoms. The van der Waals surface area contributed by atoms with Gasteiger partial charge >= 0.3 is 0 Å². The van der Waals surface area contributed by atoms with E-state index in [1.54, 1.807) is 25.2 Å². The number of nitrogens with zero attached hydrogens (tertiary/aromatic N) is 5. The van der Waals surface area contributed by atoms with Crippen molar-refractivity contribution in [3.05, 3.63) is 18.0 Å². The van der Waals surface area contributed by atoms with E-state index in [4.69, 9.17) is 9.72 Å². The van der Waals surface area contributed by atoms with Crippen molar-refractivity contribution < 1.29 is 14.3 Å². The number of aromatic nitrogens is 2. The van der Waals surface area contributed by atoms with Crippen LogP contribution in [0.3, 0.4) is 0 Å². The predicted octanol–water partition coefficient (Wildman–Crippen LogP) is 2.06. The van der Waals surface area contributed by atoms with Gasteiger partial charge in [0.25, 0.3) is 0 Å². The molecule has 31 heavy (non-hydrogen) atoms. The van der Waals surface area contributed by atoms with Crippen LogP contribution in [0.25, 0.3) is 0 Å². The number of rotatable bonds is 6. The Morgan fingerprint density at radius 1 is 1.16 bits per heavy atom. The standard InChI is InChI=1S/C23H35N5O3/c1-26(2)22(30)19-16-28(21(29)9-8-17-7-6-14-31-17)15-18(19)20-10-11-24-23(25-20)27-12-4-3-5-13-27/h10-11,17-19H,3-9,12-16H2,1-2H3/t17-,18-,19-/m0/s1. The molecule has 1 aromatic rings. The lowest BCUT2D eigenvalue weighted by atomic mass is 9.91. The Morgan fingerprint density at radius 3 is 2.68 bits per heavy atom. The number of carbonyl (C=O) groups excluding carboxylic acids is 2. The zero-order valence-corrected chi connectivity index (χ0v) is 18.8. The first-order valence-corrected chi connectivity index (χ1v) is 11.7. The number of hydrogen-bond acceptors (Lipinski definition) is 6. The number of piperidine rings is 1. The maximum Gasteiger partial charge on any atom is 0.227 e. The molecule has 0 aromatic carbocycles. The van der Waals surface area contributed by atoms with Crippen LogP contribution >= 0.6 is 0 Å². The second-order valence-electron chi connectivity index (χ2n) is 9.25. The topological polar surface area (TPSA) is 78.9 Å². The highest BCUT2D eigenvalue weighted by Gasteiger charge is 2.42. The molecule has 0 bridgehead atoms. The highest BCUT2D eigenvalue weighted by molar-refractivity contribution is 5.83. The SMILES string of the molecule is CN(C)C(=O)[C@H]1CN(C(=O)CC[C@@H]2CCCO2)C[C@@H]1c1ccnc(N2CCCCC2)n1. The minimum atomic E-state index is -0.272.